The largest absolute Gasteiger partial charge is 0.492 e. The molecule has 3 N–H and O–H groups in total. The lowest BCUT2D eigenvalue weighted by atomic mass is 10.2. The maximum atomic E-state index is 12.8. The van der Waals surface area contributed by atoms with Gasteiger partial charge in [-0.1, -0.05) is 60.7 Å². The number of hydrogen-bond acceptors (Lipinski definition) is 4. The van der Waals surface area contributed by atoms with Crippen LogP contribution in [-0.2, 0) is 17.8 Å². The number of carbonyl (C=O) groups is 2. The highest BCUT2D eigenvalue weighted by Gasteiger charge is 2.16. The predicted octanol–water partition coefficient (Wildman–Crippen LogP) is 4.46. The Labute approximate surface area is 213 Å². The maximum Gasteiger partial charge on any atom is 0.257 e. The Balaban J connectivity index is 1.60. The van der Waals surface area contributed by atoms with Gasteiger partial charge >= 0.3 is 0 Å². The van der Waals surface area contributed by atoms with Crippen molar-refractivity contribution in [3.8, 4) is 5.75 Å². The summed E-state index contributed by atoms with van der Waals surface area (Å²) in [5.74, 6) is -0.125. The van der Waals surface area contributed by atoms with E-state index in [-0.39, 0.29) is 17.4 Å². The van der Waals surface area contributed by atoms with Crippen LogP contribution in [0.25, 0.3) is 0 Å². The van der Waals surface area contributed by atoms with Crippen molar-refractivity contribution in [2.75, 3.05) is 13.2 Å². The first-order valence-electron chi connectivity index (χ1n) is 10.8. The number of amides is 2. The fourth-order valence-electron chi connectivity index (χ4n) is 3.23. The molecule has 6 nitrogen and oxygen atoms in total. The van der Waals surface area contributed by atoms with E-state index in [0.717, 1.165) is 12.0 Å². The van der Waals surface area contributed by atoms with Crippen LogP contribution in [0.2, 0.25) is 0 Å². The molecule has 0 saturated heterocycles. The zero-order valence-electron chi connectivity index (χ0n) is 18.6. The molecule has 0 bridgehead atoms. The molecule has 0 heterocycles. The number of rotatable bonds is 10. The van der Waals surface area contributed by atoms with E-state index in [1.807, 2.05) is 48.5 Å². The van der Waals surface area contributed by atoms with Gasteiger partial charge in [-0.05, 0) is 57.5 Å². The first-order chi connectivity index (χ1) is 16.4. The zero-order valence-corrected chi connectivity index (χ0v) is 21.0. The van der Waals surface area contributed by atoms with E-state index in [4.69, 9.17) is 22.7 Å². The van der Waals surface area contributed by atoms with Gasteiger partial charge in [0.25, 0.3) is 5.91 Å². The number of hydrogen-bond donors (Lipinski definition) is 2. The number of primary amides is 1. The van der Waals surface area contributed by atoms with E-state index >= 15 is 0 Å². The van der Waals surface area contributed by atoms with Crippen LogP contribution < -0.4 is 15.8 Å². The molecule has 0 fully saturated rings. The minimum atomic E-state index is -0.432. The first kappa shape index (κ1) is 25.4. The molecule has 34 heavy (non-hydrogen) atoms. The number of nitrogens with zero attached hydrogens (tertiary/aromatic N) is 1. The first-order valence-corrected chi connectivity index (χ1v) is 12.0. The fourth-order valence-corrected chi connectivity index (χ4v) is 3.97. The lowest BCUT2D eigenvalue weighted by Crippen LogP contribution is -2.43. The van der Waals surface area contributed by atoms with Crippen molar-refractivity contribution in [3.63, 3.8) is 0 Å². The molecule has 3 rings (SSSR count). The van der Waals surface area contributed by atoms with Crippen LogP contribution in [0.5, 0.6) is 5.75 Å². The van der Waals surface area contributed by atoms with Crippen molar-refractivity contribution in [1.82, 2.24) is 10.2 Å². The Morgan fingerprint density at radius 3 is 2.24 bits per heavy atom. The van der Waals surface area contributed by atoms with Gasteiger partial charge in [-0.3, -0.25) is 14.9 Å². The summed E-state index contributed by atoms with van der Waals surface area (Å²) < 4.78 is 6.53. The monoisotopic (exact) mass is 539 g/mol. The third-order valence-corrected chi connectivity index (χ3v) is 6.02. The van der Waals surface area contributed by atoms with Crippen LogP contribution in [-0.4, -0.2) is 35.0 Å². The maximum absolute atomic E-state index is 12.8. The van der Waals surface area contributed by atoms with E-state index in [1.165, 1.54) is 5.56 Å². The number of nitrogens with two attached hydrogens (primary N) is 1. The van der Waals surface area contributed by atoms with Gasteiger partial charge in [-0.2, -0.15) is 0 Å². The van der Waals surface area contributed by atoms with Crippen LogP contribution in [0.3, 0.4) is 0 Å². The summed E-state index contributed by atoms with van der Waals surface area (Å²) >= 11 is 8.95. The van der Waals surface area contributed by atoms with E-state index in [1.54, 1.807) is 23.1 Å². The summed E-state index contributed by atoms with van der Waals surface area (Å²) in [7, 11) is 0. The zero-order chi connectivity index (χ0) is 24.3. The Morgan fingerprint density at radius 2 is 1.62 bits per heavy atom. The Bertz CT molecular complexity index is 1130. The summed E-state index contributed by atoms with van der Waals surface area (Å²) in [4.78, 5) is 25.9. The van der Waals surface area contributed by atoms with Gasteiger partial charge < -0.3 is 15.4 Å². The standard InChI is InChI=1S/C26H26BrN3O3S/c27-22-17-21(11-12-23(22)33-16-14-19-7-3-1-4-8-19)25(32)29-26(34)30(15-13-24(28)31)18-20-9-5-2-6-10-20/h1-12,17H,13-16,18H2,(H2,28,31)(H,29,32,34). The van der Waals surface area contributed by atoms with Crippen molar-refractivity contribution >= 4 is 45.1 Å². The van der Waals surface area contributed by atoms with Gasteiger partial charge in [-0.25, -0.2) is 0 Å². The van der Waals surface area contributed by atoms with Crippen LogP contribution >= 0.6 is 28.1 Å². The van der Waals surface area contributed by atoms with Gasteiger partial charge in [0, 0.05) is 31.5 Å². The van der Waals surface area contributed by atoms with Crippen LogP contribution in [0.4, 0.5) is 0 Å². The van der Waals surface area contributed by atoms with Gasteiger partial charge in [0.2, 0.25) is 5.91 Å². The third-order valence-electron chi connectivity index (χ3n) is 5.04. The Morgan fingerprint density at radius 1 is 0.971 bits per heavy atom. The summed E-state index contributed by atoms with van der Waals surface area (Å²) in [6, 6.07) is 24.9. The molecule has 0 aliphatic heterocycles. The summed E-state index contributed by atoms with van der Waals surface area (Å²) in [6.45, 7) is 1.28. The predicted molar refractivity (Wildman–Crippen MR) is 141 cm³/mol. The van der Waals surface area contributed by atoms with E-state index < -0.39 is 5.91 Å². The quantitative estimate of drug-likeness (QED) is 0.371. The lowest BCUT2D eigenvalue weighted by Gasteiger charge is -2.25. The third kappa shape index (κ3) is 7.97. The summed E-state index contributed by atoms with van der Waals surface area (Å²) in [5.41, 5.74) is 7.94. The number of carbonyl (C=O) groups excluding carboxylic acids is 2. The minimum Gasteiger partial charge on any atom is -0.492 e. The van der Waals surface area contributed by atoms with Crippen LogP contribution in [0.15, 0.2) is 83.3 Å². The topological polar surface area (TPSA) is 84.7 Å². The van der Waals surface area contributed by atoms with Crippen LogP contribution in [0, 0.1) is 0 Å². The molecule has 8 heteroatoms. The number of benzene rings is 3. The number of ether oxygens (including phenoxy) is 1. The average molecular weight is 540 g/mol. The van der Waals surface area contributed by atoms with Crippen molar-refractivity contribution in [2.24, 2.45) is 5.73 Å². The van der Waals surface area contributed by atoms with Crippen molar-refractivity contribution in [1.29, 1.82) is 0 Å². The molecule has 0 aromatic heterocycles. The molecule has 3 aromatic rings. The molecule has 3 aromatic carbocycles. The molecule has 176 valence electrons. The molecule has 0 spiro atoms. The van der Waals surface area contributed by atoms with Crippen molar-refractivity contribution < 1.29 is 14.3 Å². The molecule has 0 saturated carbocycles. The molecular weight excluding hydrogens is 514 g/mol. The van der Waals surface area contributed by atoms with Gasteiger partial charge in [-0.15, -0.1) is 0 Å². The fraction of sp³-hybridized carbons (Fsp3) is 0.192. The van der Waals surface area contributed by atoms with Gasteiger partial charge in [0.15, 0.2) is 5.11 Å². The number of halogens is 1. The SMILES string of the molecule is NC(=O)CCN(Cc1ccccc1)C(=S)NC(=O)c1ccc(OCCc2ccccc2)c(Br)c1. The average Bonchev–Trinajstić information content (AvgIpc) is 2.83. The highest BCUT2D eigenvalue weighted by Crippen LogP contribution is 2.26. The number of nitrogens with one attached hydrogen (secondary N) is 1. The van der Waals surface area contributed by atoms with E-state index in [9.17, 15) is 9.59 Å². The minimum absolute atomic E-state index is 0.128. The normalized spacial score (nSPS) is 10.4. The van der Waals surface area contributed by atoms with Gasteiger partial charge in [0.05, 0.1) is 11.1 Å². The molecule has 2 amide bonds. The highest BCUT2D eigenvalue weighted by molar-refractivity contribution is 9.10. The van der Waals surface area contributed by atoms with E-state index in [2.05, 4.69) is 33.4 Å². The molecule has 0 unspecified atom stereocenters. The van der Waals surface area contributed by atoms with E-state index in [0.29, 0.717) is 35.5 Å². The highest BCUT2D eigenvalue weighted by atomic mass is 79.9. The Kier molecular flexibility index (Phi) is 9.61. The summed E-state index contributed by atoms with van der Waals surface area (Å²) in [5, 5.41) is 2.99. The summed E-state index contributed by atoms with van der Waals surface area (Å²) in [6.07, 6.45) is 0.912. The molecule has 0 aliphatic carbocycles. The smallest absolute Gasteiger partial charge is 0.257 e. The molecule has 0 aliphatic rings. The number of thiocarbonyl (C=S) groups is 1. The van der Waals surface area contributed by atoms with Crippen molar-refractivity contribution in [2.45, 2.75) is 19.4 Å². The lowest BCUT2D eigenvalue weighted by molar-refractivity contribution is -0.118. The Hall–Kier alpha value is -3.23. The molecule has 0 radical (unpaired) electrons. The second-order valence-electron chi connectivity index (χ2n) is 7.61. The van der Waals surface area contributed by atoms with Crippen LogP contribution in [0.1, 0.15) is 27.9 Å². The van der Waals surface area contributed by atoms with Crippen molar-refractivity contribution in [3.05, 3.63) is 100 Å². The molecule has 0 atom stereocenters. The second kappa shape index (κ2) is 12.9. The van der Waals surface area contributed by atoms with Gasteiger partial charge in [0.1, 0.15) is 5.75 Å². The molecular formula is C26H26BrN3O3S. The second-order valence-corrected chi connectivity index (χ2v) is 8.85.